The molecule has 0 unspecified atom stereocenters. The molecule has 1 rings (SSSR count). The Morgan fingerprint density at radius 2 is 2.09 bits per heavy atom. The summed E-state index contributed by atoms with van der Waals surface area (Å²) in [5.41, 5.74) is 1.66. The summed E-state index contributed by atoms with van der Waals surface area (Å²) in [5.74, 6) is 0. The third-order valence-corrected chi connectivity index (χ3v) is 4.06. The lowest BCUT2D eigenvalue weighted by Gasteiger charge is -2.09. The normalized spacial score (nSPS) is 17.1. The van der Waals surface area contributed by atoms with Gasteiger partial charge in [0.1, 0.15) is 0 Å². The van der Waals surface area contributed by atoms with E-state index in [1.54, 1.807) is 10.8 Å². The van der Waals surface area contributed by atoms with Gasteiger partial charge in [0.15, 0.2) is 0 Å². The van der Waals surface area contributed by atoms with E-state index in [9.17, 15) is 0 Å². The van der Waals surface area contributed by atoms with Crippen molar-refractivity contribution < 1.29 is 0 Å². The van der Waals surface area contributed by atoms with Gasteiger partial charge in [-0.1, -0.05) is 49.4 Å². The Balaban J connectivity index is 2.60. The molecule has 0 aromatic carbocycles. The molecule has 1 aliphatic rings. The number of allylic oxidation sites excluding steroid dienone is 4. The van der Waals surface area contributed by atoms with Crippen molar-refractivity contribution in [1.82, 2.24) is 0 Å². The molecule has 0 radical (unpaired) electrons. The Morgan fingerprint density at radius 3 is 2.64 bits per heavy atom. The van der Waals surface area contributed by atoms with E-state index in [4.69, 9.17) is 0 Å². The number of hydrogen-bond acceptors (Lipinski definition) is 0. The van der Waals surface area contributed by atoms with Crippen LogP contribution < -0.4 is 0 Å². The summed E-state index contributed by atoms with van der Waals surface area (Å²) in [6.07, 6.45) is 8.64. The molecule has 0 aromatic heterocycles. The van der Waals surface area contributed by atoms with Crippen LogP contribution in [-0.2, 0) is 0 Å². The van der Waals surface area contributed by atoms with Crippen molar-refractivity contribution in [2.45, 2.75) is 39.3 Å². The molecule has 0 aliphatic heterocycles. The minimum atomic E-state index is -0.520. The molecule has 0 spiro atoms. The molecule has 0 aromatic rings. The highest BCUT2D eigenvalue weighted by Gasteiger charge is 2.12. The maximum Gasteiger partial charge on any atom is 0.0646 e. The Bertz CT molecular complexity index is 187. The first-order chi connectivity index (χ1) is 5.25. The Labute approximate surface area is 71.6 Å². The van der Waals surface area contributed by atoms with Crippen LogP contribution in [0.4, 0.5) is 0 Å². The summed E-state index contributed by atoms with van der Waals surface area (Å²) >= 11 is 0. The fourth-order valence-electron chi connectivity index (χ4n) is 1.70. The summed E-state index contributed by atoms with van der Waals surface area (Å²) in [4.78, 5) is 0. The van der Waals surface area contributed by atoms with Crippen molar-refractivity contribution >= 4 is 8.80 Å². The quantitative estimate of drug-likeness (QED) is 0.565. The zero-order chi connectivity index (χ0) is 8.27. The second kappa shape index (κ2) is 3.91. The lowest BCUT2D eigenvalue weighted by atomic mass is 10.2. The predicted octanol–water partition coefficient (Wildman–Crippen LogP) is 3.07. The van der Waals surface area contributed by atoms with Crippen LogP contribution in [0.1, 0.15) is 26.2 Å². The largest absolute Gasteiger partial charge is 0.0816 e. The van der Waals surface area contributed by atoms with Gasteiger partial charge in [0.05, 0.1) is 8.80 Å². The van der Waals surface area contributed by atoms with Gasteiger partial charge in [0, 0.05) is 0 Å². The molecule has 0 fully saturated rings. The van der Waals surface area contributed by atoms with Gasteiger partial charge >= 0.3 is 0 Å². The van der Waals surface area contributed by atoms with Gasteiger partial charge in [-0.25, -0.2) is 0 Å². The Hall–Kier alpha value is -0.303. The topological polar surface area (TPSA) is 0 Å². The minimum absolute atomic E-state index is 0.520. The van der Waals surface area contributed by atoms with E-state index in [-0.39, 0.29) is 0 Å². The fourth-order valence-corrected chi connectivity index (χ4v) is 3.31. The van der Waals surface area contributed by atoms with E-state index >= 15 is 0 Å². The number of rotatable bonds is 3. The minimum Gasteiger partial charge on any atom is -0.0816 e. The highest BCUT2D eigenvalue weighted by Crippen LogP contribution is 2.25. The molecular weight excluding hydrogens is 148 g/mol. The van der Waals surface area contributed by atoms with Crippen LogP contribution in [0.2, 0.25) is 13.1 Å². The summed E-state index contributed by atoms with van der Waals surface area (Å²) in [5, 5.41) is 1.73. The molecule has 0 saturated heterocycles. The van der Waals surface area contributed by atoms with Crippen molar-refractivity contribution in [3.05, 3.63) is 22.9 Å². The van der Waals surface area contributed by atoms with Crippen LogP contribution in [0.25, 0.3) is 0 Å². The maximum atomic E-state index is 2.43. The van der Waals surface area contributed by atoms with E-state index in [1.807, 2.05) is 0 Å². The third kappa shape index (κ3) is 2.06. The van der Waals surface area contributed by atoms with Gasteiger partial charge in [-0.15, -0.1) is 0 Å². The van der Waals surface area contributed by atoms with E-state index < -0.39 is 8.80 Å². The molecular formula is C10H18Si. The average molecular weight is 166 g/mol. The zero-order valence-electron chi connectivity index (χ0n) is 7.85. The molecule has 11 heavy (non-hydrogen) atoms. The average Bonchev–Trinajstić information content (AvgIpc) is 2.36. The van der Waals surface area contributed by atoms with E-state index in [2.05, 4.69) is 32.2 Å². The highest BCUT2D eigenvalue weighted by molar-refractivity contribution is 6.65. The van der Waals surface area contributed by atoms with Crippen molar-refractivity contribution in [2.75, 3.05) is 0 Å². The predicted molar refractivity (Wildman–Crippen MR) is 54.6 cm³/mol. The maximum absolute atomic E-state index is 2.43. The second-order valence-electron chi connectivity index (χ2n) is 3.53. The Morgan fingerprint density at radius 1 is 1.36 bits per heavy atom. The van der Waals surface area contributed by atoms with Crippen LogP contribution >= 0.6 is 0 Å². The van der Waals surface area contributed by atoms with Crippen molar-refractivity contribution in [3.8, 4) is 0 Å². The van der Waals surface area contributed by atoms with Gasteiger partial charge in [-0.3, -0.25) is 0 Å². The lowest BCUT2D eigenvalue weighted by Crippen LogP contribution is -2.06. The smallest absolute Gasteiger partial charge is 0.0646 e. The summed E-state index contributed by atoms with van der Waals surface area (Å²) in [7, 11) is -0.520. The SMILES string of the molecule is CCCC1=CCC=C1[SiH](C)C. The van der Waals surface area contributed by atoms with E-state index in [1.165, 1.54) is 19.3 Å². The fraction of sp³-hybridized carbons (Fsp3) is 0.600. The molecule has 1 aliphatic carbocycles. The second-order valence-corrected chi connectivity index (χ2v) is 6.46. The van der Waals surface area contributed by atoms with Crippen molar-refractivity contribution in [1.29, 1.82) is 0 Å². The lowest BCUT2D eigenvalue weighted by molar-refractivity contribution is 0.923. The molecule has 0 bridgehead atoms. The van der Waals surface area contributed by atoms with Gasteiger partial charge in [-0.2, -0.15) is 0 Å². The molecule has 1 heteroatoms. The first-order valence-electron chi connectivity index (χ1n) is 4.65. The first-order valence-corrected chi connectivity index (χ1v) is 7.53. The van der Waals surface area contributed by atoms with Crippen LogP contribution in [0.5, 0.6) is 0 Å². The van der Waals surface area contributed by atoms with Crippen molar-refractivity contribution in [2.24, 2.45) is 0 Å². The standard InChI is InChI=1S/C10H18Si/c1-4-6-9-7-5-8-10(9)11(2)3/h7-8,11H,4-6H2,1-3H3. The molecule has 0 saturated carbocycles. The Kier molecular flexibility index (Phi) is 3.12. The molecule has 0 atom stereocenters. The molecule has 0 nitrogen and oxygen atoms in total. The number of hydrogen-bond donors (Lipinski definition) is 0. The van der Waals surface area contributed by atoms with E-state index in [0.29, 0.717) is 0 Å². The summed E-state index contributed by atoms with van der Waals surface area (Å²) in [6, 6.07) is 0. The van der Waals surface area contributed by atoms with Gasteiger partial charge in [-0.05, 0) is 12.8 Å². The molecule has 62 valence electrons. The van der Waals surface area contributed by atoms with Crippen LogP contribution in [-0.4, -0.2) is 8.80 Å². The summed E-state index contributed by atoms with van der Waals surface area (Å²) < 4.78 is 0. The third-order valence-electron chi connectivity index (χ3n) is 2.21. The van der Waals surface area contributed by atoms with Gasteiger partial charge in [0.25, 0.3) is 0 Å². The summed E-state index contributed by atoms with van der Waals surface area (Å²) in [6.45, 7) is 7.10. The molecule has 0 N–H and O–H groups in total. The first kappa shape index (κ1) is 8.79. The molecule has 0 heterocycles. The van der Waals surface area contributed by atoms with Gasteiger partial charge in [0.2, 0.25) is 0 Å². The van der Waals surface area contributed by atoms with E-state index in [0.717, 1.165) is 0 Å². The highest BCUT2D eigenvalue weighted by atomic mass is 28.3. The molecule has 0 amide bonds. The van der Waals surface area contributed by atoms with Crippen molar-refractivity contribution in [3.63, 3.8) is 0 Å². The van der Waals surface area contributed by atoms with Crippen LogP contribution in [0.15, 0.2) is 22.9 Å². The monoisotopic (exact) mass is 166 g/mol. The van der Waals surface area contributed by atoms with Crippen LogP contribution in [0.3, 0.4) is 0 Å². The zero-order valence-corrected chi connectivity index (χ0v) is 9.01. The van der Waals surface area contributed by atoms with Crippen LogP contribution in [0, 0.1) is 0 Å². The van der Waals surface area contributed by atoms with Gasteiger partial charge < -0.3 is 0 Å².